The quantitative estimate of drug-likeness (QED) is 0.562. The molecule has 3 aromatic carbocycles. The van der Waals surface area contributed by atoms with Crippen molar-refractivity contribution in [1.29, 1.82) is 0 Å². The molecular weight excluding hydrogens is 410 g/mol. The Kier molecular flexibility index (Phi) is 6.44. The number of benzene rings is 3. The third-order valence-corrected chi connectivity index (χ3v) is 5.13. The summed E-state index contributed by atoms with van der Waals surface area (Å²) in [5.74, 6) is 0.0924. The van der Waals surface area contributed by atoms with Crippen molar-refractivity contribution >= 4 is 46.2 Å². The molecule has 1 aliphatic heterocycles. The van der Waals surface area contributed by atoms with Crippen LogP contribution in [0.3, 0.4) is 0 Å². The monoisotopic (exact) mass is 429 g/mol. The first-order chi connectivity index (χ1) is 15.2. The number of ether oxygens (including phenoxy) is 1. The lowest BCUT2D eigenvalue weighted by Gasteiger charge is -2.08. The van der Waals surface area contributed by atoms with Crippen molar-refractivity contribution in [2.24, 2.45) is 4.99 Å². The first kappa shape index (κ1) is 20.4. The van der Waals surface area contributed by atoms with E-state index in [1.54, 1.807) is 18.2 Å². The van der Waals surface area contributed by atoms with Crippen LogP contribution >= 0.6 is 11.8 Å². The molecule has 154 valence electrons. The minimum atomic E-state index is -0.248. The van der Waals surface area contributed by atoms with Crippen molar-refractivity contribution in [3.05, 3.63) is 95.4 Å². The number of hydrogen-bond acceptors (Lipinski definition) is 5. The molecule has 2 amide bonds. The maximum absolute atomic E-state index is 12.3. The second kappa shape index (κ2) is 9.77. The van der Waals surface area contributed by atoms with Gasteiger partial charge in [0.25, 0.3) is 11.8 Å². The fraction of sp³-hybridized carbons (Fsp3) is 0.0417. The van der Waals surface area contributed by atoms with Crippen LogP contribution in [0.1, 0.15) is 5.56 Å². The van der Waals surface area contributed by atoms with Crippen LogP contribution in [0.5, 0.6) is 5.75 Å². The first-order valence-electron chi connectivity index (χ1n) is 9.58. The molecule has 1 fully saturated rings. The third kappa shape index (κ3) is 5.83. The number of hydrogen-bond donors (Lipinski definition) is 2. The highest BCUT2D eigenvalue weighted by molar-refractivity contribution is 8.18. The van der Waals surface area contributed by atoms with Crippen molar-refractivity contribution < 1.29 is 14.3 Å². The molecule has 1 saturated heterocycles. The van der Waals surface area contributed by atoms with Gasteiger partial charge >= 0.3 is 0 Å². The molecule has 0 atom stereocenters. The van der Waals surface area contributed by atoms with E-state index in [4.69, 9.17) is 4.74 Å². The van der Waals surface area contributed by atoms with Gasteiger partial charge in [-0.05, 0) is 59.8 Å². The molecule has 7 heteroatoms. The van der Waals surface area contributed by atoms with E-state index in [-0.39, 0.29) is 18.4 Å². The molecule has 0 bridgehead atoms. The van der Waals surface area contributed by atoms with Crippen molar-refractivity contribution in [2.75, 3.05) is 11.9 Å². The predicted octanol–water partition coefficient (Wildman–Crippen LogP) is 4.60. The van der Waals surface area contributed by atoms with Crippen LogP contribution in [0.25, 0.3) is 6.08 Å². The molecule has 0 saturated carbocycles. The Hall–Kier alpha value is -3.84. The second-order valence-electron chi connectivity index (χ2n) is 6.59. The number of aliphatic imine (C=N–C) groups is 1. The van der Waals surface area contributed by atoms with Gasteiger partial charge < -0.3 is 15.4 Å². The maximum atomic E-state index is 12.3. The molecule has 0 aliphatic carbocycles. The molecule has 0 radical (unpaired) electrons. The summed E-state index contributed by atoms with van der Waals surface area (Å²) in [6, 6.07) is 25.9. The largest absolute Gasteiger partial charge is 0.484 e. The number of para-hydroxylation sites is 2. The maximum Gasteiger partial charge on any atom is 0.264 e. The van der Waals surface area contributed by atoms with Gasteiger partial charge in [0.2, 0.25) is 0 Å². The van der Waals surface area contributed by atoms with Crippen molar-refractivity contribution in [3.8, 4) is 5.75 Å². The lowest BCUT2D eigenvalue weighted by atomic mass is 10.2. The van der Waals surface area contributed by atoms with Gasteiger partial charge in [-0.25, -0.2) is 4.99 Å². The van der Waals surface area contributed by atoms with E-state index in [0.717, 1.165) is 11.3 Å². The number of carbonyl (C=O) groups is 2. The summed E-state index contributed by atoms with van der Waals surface area (Å²) in [7, 11) is 0. The Bertz CT molecular complexity index is 1150. The lowest BCUT2D eigenvalue weighted by Crippen LogP contribution is -2.20. The SMILES string of the molecule is O=C(COc1cccc(/C=C2\SC(=Nc3ccccc3)NC2=O)c1)Nc1ccccc1. The molecule has 0 spiro atoms. The molecule has 3 aromatic rings. The fourth-order valence-electron chi connectivity index (χ4n) is 2.81. The van der Waals surface area contributed by atoms with Gasteiger partial charge in [-0.2, -0.15) is 0 Å². The molecule has 1 heterocycles. The van der Waals surface area contributed by atoms with E-state index >= 15 is 0 Å². The Labute approximate surface area is 184 Å². The van der Waals surface area contributed by atoms with Crippen LogP contribution in [0.4, 0.5) is 11.4 Å². The lowest BCUT2D eigenvalue weighted by molar-refractivity contribution is -0.118. The first-order valence-corrected chi connectivity index (χ1v) is 10.4. The van der Waals surface area contributed by atoms with E-state index in [2.05, 4.69) is 15.6 Å². The molecule has 4 rings (SSSR count). The standard InChI is InChI=1S/C24H19N3O3S/c28-22(25-18-9-3-1-4-10-18)16-30-20-13-7-8-17(14-20)15-21-23(29)27-24(31-21)26-19-11-5-2-6-12-19/h1-15H,16H2,(H,25,28)(H,26,27,29)/b21-15-. The van der Waals surface area contributed by atoms with Crippen LogP contribution in [0.2, 0.25) is 0 Å². The summed E-state index contributed by atoms with van der Waals surface area (Å²) in [5.41, 5.74) is 2.28. The molecule has 0 aromatic heterocycles. The molecule has 6 nitrogen and oxygen atoms in total. The second-order valence-corrected chi connectivity index (χ2v) is 7.62. The third-order valence-electron chi connectivity index (χ3n) is 4.22. The molecule has 2 N–H and O–H groups in total. The number of amides is 2. The zero-order valence-electron chi connectivity index (χ0n) is 16.4. The summed E-state index contributed by atoms with van der Waals surface area (Å²) < 4.78 is 5.60. The van der Waals surface area contributed by atoms with Gasteiger partial charge in [-0.3, -0.25) is 9.59 Å². The zero-order valence-corrected chi connectivity index (χ0v) is 17.3. The average molecular weight is 430 g/mol. The highest BCUT2D eigenvalue weighted by atomic mass is 32.2. The summed E-state index contributed by atoms with van der Waals surface area (Å²) in [6.07, 6.45) is 1.77. The van der Waals surface area contributed by atoms with E-state index in [1.807, 2.05) is 72.8 Å². The van der Waals surface area contributed by atoms with Gasteiger partial charge in [-0.15, -0.1) is 0 Å². The van der Waals surface area contributed by atoms with Crippen molar-refractivity contribution in [3.63, 3.8) is 0 Å². The number of anilines is 1. The van der Waals surface area contributed by atoms with Gasteiger partial charge in [0.15, 0.2) is 11.8 Å². The van der Waals surface area contributed by atoms with Gasteiger partial charge in [0.05, 0.1) is 10.6 Å². The van der Waals surface area contributed by atoms with Crippen molar-refractivity contribution in [2.45, 2.75) is 0 Å². The Balaban J connectivity index is 1.39. The minimum Gasteiger partial charge on any atom is -0.484 e. The zero-order chi connectivity index (χ0) is 21.5. The highest BCUT2D eigenvalue weighted by Crippen LogP contribution is 2.28. The normalized spacial score (nSPS) is 15.7. The fourth-order valence-corrected chi connectivity index (χ4v) is 3.66. The number of amidine groups is 1. The topological polar surface area (TPSA) is 79.8 Å². The Morgan fingerprint density at radius 2 is 1.74 bits per heavy atom. The van der Waals surface area contributed by atoms with Crippen LogP contribution in [0, 0.1) is 0 Å². The summed E-state index contributed by atoms with van der Waals surface area (Å²) in [5, 5.41) is 6.08. The van der Waals surface area contributed by atoms with Crippen LogP contribution < -0.4 is 15.4 Å². The van der Waals surface area contributed by atoms with E-state index in [9.17, 15) is 9.59 Å². The summed E-state index contributed by atoms with van der Waals surface area (Å²) >= 11 is 1.28. The molecule has 1 aliphatic rings. The number of nitrogens with one attached hydrogen (secondary N) is 2. The Morgan fingerprint density at radius 3 is 2.52 bits per heavy atom. The highest BCUT2D eigenvalue weighted by Gasteiger charge is 2.23. The van der Waals surface area contributed by atoms with E-state index < -0.39 is 0 Å². The minimum absolute atomic E-state index is 0.113. The van der Waals surface area contributed by atoms with Gasteiger partial charge in [0.1, 0.15) is 5.75 Å². The summed E-state index contributed by atoms with van der Waals surface area (Å²) in [6.45, 7) is -0.113. The van der Waals surface area contributed by atoms with Crippen LogP contribution in [-0.2, 0) is 9.59 Å². The number of thioether (sulfide) groups is 1. The van der Waals surface area contributed by atoms with E-state index in [0.29, 0.717) is 21.5 Å². The summed E-state index contributed by atoms with van der Waals surface area (Å²) in [4.78, 5) is 29.3. The number of rotatable bonds is 6. The Morgan fingerprint density at radius 1 is 1.00 bits per heavy atom. The van der Waals surface area contributed by atoms with Crippen LogP contribution in [0.15, 0.2) is 94.8 Å². The van der Waals surface area contributed by atoms with Gasteiger partial charge in [-0.1, -0.05) is 48.5 Å². The number of carbonyl (C=O) groups excluding carboxylic acids is 2. The predicted molar refractivity (Wildman–Crippen MR) is 124 cm³/mol. The van der Waals surface area contributed by atoms with Gasteiger partial charge in [0, 0.05) is 5.69 Å². The molecular formula is C24H19N3O3S. The van der Waals surface area contributed by atoms with Crippen molar-refractivity contribution in [1.82, 2.24) is 5.32 Å². The smallest absolute Gasteiger partial charge is 0.264 e. The molecule has 31 heavy (non-hydrogen) atoms. The number of nitrogens with zero attached hydrogens (tertiary/aromatic N) is 1. The molecule has 0 unspecified atom stereocenters. The van der Waals surface area contributed by atoms with Crippen LogP contribution in [-0.4, -0.2) is 23.6 Å². The average Bonchev–Trinajstić information content (AvgIpc) is 3.12. The van der Waals surface area contributed by atoms with E-state index in [1.165, 1.54) is 11.8 Å².